The minimum Gasteiger partial charge on any atom is -0.444 e. The van der Waals surface area contributed by atoms with Gasteiger partial charge in [-0.2, -0.15) is 0 Å². The topological polar surface area (TPSA) is 55.6 Å². The third-order valence-electron chi connectivity index (χ3n) is 4.05. The summed E-state index contributed by atoms with van der Waals surface area (Å²) < 4.78 is 5.51. The molecule has 4 heteroatoms. The molecular formula is C14H26N2O2. The first kappa shape index (κ1) is 13.7. The van der Waals surface area contributed by atoms with Crippen molar-refractivity contribution in [2.75, 3.05) is 6.54 Å². The lowest BCUT2D eigenvalue weighted by Crippen LogP contribution is -2.56. The van der Waals surface area contributed by atoms with E-state index in [1.165, 1.54) is 0 Å². The summed E-state index contributed by atoms with van der Waals surface area (Å²) in [6.07, 6.45) is 5.35. The van der Waals surface area contributed by atoms with Crippen LogP contribution in [0.25, 0.3) is 0 Å². The molecule has 3 unspecified atom stereocenters. The van der Waals surface area contributed by atoms with Crippen molar-refractivity contribution >= 4 is 6.09 Å². The van der Waals surface area contributed by atoms with E-state index in [9.17, 15) is 4.79 Å². The number of piperidine rings is 1. The van der Waals surface area contributed by atoms with Gasteiger partial charge in [-0.1, -0.05) is 0 Å². The molecule has 0 aromatic heterocycles. The zero-order valence-electron chi connectivity index (χ0n) is 11.8. The number of nitrogens with two attached hydrogens (primary N) is 1. The minimum absolute atomic E-state index is 0.161. The van der Waals surface area contributed by atoms with E-state index in [1.54, 1.807) is 0 Å². The monoisotopic (exact) mass is 254 g/mol. The molecule has 1 amide bonds. The van der Waals surface area contributed by atoms with Crippen molar-refractivity contribution < 1.29 is 9.53 Å². The fourth-order valence-electron chi connectivity index (χ4n) is 3.28. The fourth-order valence-corrected chi connectivity index (χ4v) is 3.28. The second-order valence-corrected chi connectivity index (χ2v) is 6.64. The Hall–Kier alpha value is -0.770. The second-order valence-electron chi connectivity index (χ2n) is 6.64. The quantitative estimate of drug-likeness (QED) is 0.722. The van der Waals surface area contributed by atoms with E-state index in [0.29, 0.717) is 12.0 Å². The summed E-state index contributed by atoms with van der Waals surface area (Å²) in [5, 5.41) is 0. The summed E-state index contributed by atoms with van der Waals surface area (Å²) in [5.41, 5.74) is 5.78. The number of hydrogen-bond acceptors (Lipinski definition) is 3. The molecule has 0 bridgehead atoms. The fraction of sp³-hybridized carbons (Fsp3) is 0.929. The van der Waals surface area contributed by atoms with Gasteiger partial charge in [0.1, 0.15) is 5.60 Å². The maximum Gasteiger partial charge on any atom is 0.410 e. The van der Waals surface area contributed by atoms with E-state index in [0.717, 1.165) is 38.6 Å². The number of rotatable bonds is 0. The molecule has 1 aliphatic heterocycles. The van der Waals surface area contributed by atoms with Gasteiger partial charge in [-0.3, -0.25) is 0 Å². The summed E-state index contributed by atoms with van der Waals surface area (Å²) in [7, 11) is 0. The lowest BCUT2D eigenvalue weighted by molar-refractivity contribution is -0.0103. The van der Waals surface area contributed by atoms with Gasteiger partial charge in [0.05, 0.1) is 0 Å². The van der Waals surface area contributed by atoms with Crippen molar-refractivity contribution in [3.63, 3.8) is 0 Å². The third kappa shape index (κ3) is 2.97. The summed E-state index contributed by atoms with van der Waals surface area (Å²) in [4.78, 5) is 14.2. The van der Waals surface area contributed by atoms with Gasteiger partial charge in [-0.25, -0.2) is 4.79 Å². The predicted molar refractivity (Wildman–Crippen MR) is 71.3 cm³/mol. The smallest absolute Gasteiger partial charge is 0.410 e. The molecule has 2 N–H and O–H groups in total. The highest BCUT2D eigenvalue weighted by Crippen LogP contribution is 2.35. The maximum absolute atomic E-state index is 12.2. The number of amides is 1. The van der Waals surface area contributed by atoms with E-state index < -0.39 is 5.60 Å². The lowest BCUT2D eigenvalue weighted by atomic mass is 9.75. The first-order valence-electron chi connectivity index (χ1n) is 7.14. The van der Waals surface area contributed by atoms with E-state index in [1.807, 2.05) is 25.7 Å². The van der Waals surface area contributed by atoms with E-state index in [4.69, 9.17) is 10.5 Å². The first-order valence-corrected chi connectivity index (χ1v) is 7.14. The number of carbonyl (C=O) groups is 1. The van der Waals surface area contributed by atoms with Crippen LogP contribution in [-0.2, 0) is 4.74 Å². The molecule has 2 fully saturated rings. The normalized spacial score (nSPS) is 32.9. The Kier molecular flexibility index (Phi) is 3.85. The average molecular weight is 254 g/mol. The number of hydrogen-bond donors (Lipinski definition) is 1. The molecule has 4 nitrogen and oxygen atoms in total. The molecule has 1 saturated heterocycles. The third-order valence-corrected chi connectivity index (χ3v) is 4.05. The molecule has 2 rings (SSSR count). The minimum atomic E-state index is -0.416. The van der Waals surface area contributed by atoms with Crippen LogP contribution in [-0.4, -0.2) is 35.2 Å². The average Bonchev–Trinajstić information content (AvgIpc) is 2.26. The number of carbonyl (C=O) groups excluding carboxylic acids is 1. The van der Waals surface area contributed by atoms with Crippen LogP contribution in [0.4, 0.5) is 4.79 Å². The molecule has 0 aromatic carbocycles. The lowest BCUT2D eigenvalue weighted by Gasteiger charge is -2.46. The van der Waals surface area contributed by atoms with Crippen molar-refractivity contribution in [1.82, 2.24) is 4.90 Å². The Morgan fingerprint density at radius 1 is 1.22 bits per heavy atom. The van der Waals surface area contributed by atoms with Crippen molar-refractivity contribution in [3.05, 3.63) is 0 Å². The largest absolute Gasteiger partial charge is 0.444 e. The van der Waals surface area contributed by atoms with Gasteiger partial charge in [0.15, 0.2) is 0 Å². The molecule has 2 aliphatic rings. The number of fused-ring (bicyclic) bond motifs is 1. The Bertz CT molecular complexity index is 311. The van der Waals surface area contributed by atoms with Gasteiger partial charge < -0.3 is 15.4 Å². The molecule has 18 heavy (non-hydrogen) atoms. The van der Waals surface area contributed by atoms with E-state index in [-0.39, 0.29) is 12.1 Å². The highest BCUT2D eigenvalue weighted by Gasteiger charge is 2.40. The zero-order valence-corrected chi connectivity index (χ0v) is 11.8. The summed E-state index contributed by atoms with van der Waals surface area (Å²) in [6.45, 7) is 6.57. The van der Waals surface area contributed by atoms with Gasteiger partial charge in [0.25, 0.3) is 0 Å². The van der Waals surface area contributed by atoms with Crippen LogP contribution in [0.5, 0.6) is 0 Å². The Balaban J connectivity index is 2.05. The maximum atomic E-state index is 12.2. The molecule has 1 saturated carbocycles. The Morgan fingerprint density at radius 2 is 1.94 bits per heavy atom. The Morgan fingerprint density at radius 3 is 2.61 bits per heavy atom. The Labute approximate surface area is 110 Å². The standard InChI is InChI=1S/C14H26N2O2/c1-14(2,3)18-13(17)16-9-5-6-10-11(15)7-4-8-12(10)16/h10-12H,4-9,15H2,1-3H3. The van der Waals surface area contributed by atoms with Crippen LogP contribution in [0.3, 0.4) is 0 Å². The molecule has 3 atom stereocenters. The van der Waals surface area contributed by atoms with Crippen molar-refractivity contribution in [1.29, 1.82) is 0 Å². The van der Waals surface area contributed by atoms with Crippen LogP contribution in [0.1, 0.15) is 52.9 Å². The number of likely N-dealkylation sites (tertiary alicyclic amines) is 1. The zero-order chi connectivity index (χ0) is 13.3. The summed E-state index contributed by atoms with van der Waals surface area (Å²) in [6, 6.07) is 0.561. The molecule has 0 spiro atoms. The summed E-state index contributed by atoms with van der Waals surface area (Å²) >= 11 is 0. The van der Waals surface area contributed by atoms with Gasteiger partial charge in [0, 0.05) is 18.6 Å². The van der Waals surface area contributed by atoms with Crippen LogP contribution >= 0.6 is 0 Å². The van der Waals surface area contributed by atoms with Gasteiger partial charge in [0.2, 0.25) is 0 Å². The molecule has 1 aliphatic carbocycles. The predicted octanol–water partition coefficient (Wildman–Crippen LogP) is 2.51. The molecule has 0 radical (unpaired) electrons. The van der Waals surface area contributed by atoms with Gasteiger partial charge in [-0.05, 0) is 58.8 Å². The first-order chi connectivity index (χ1) is 8.38. The van der Waals surface area contributed by atoms with E-state index >= 15 is 0 Å². The van der Waals surface area contributed by atoms with Crippen molar-refractivity contribution in [3.8, 4) is 0 Å². The van der Waals surface area contributed by atoms with E-state index in [2.05, 4.69) is 0 Å². The van der Waals surface area contributed by atoms with Crippen LogP contribution in [0.15, 0.2) is 0 Å². The number of nitrogens with zero attached hydrogens (tertiary/aromatic N) is 1. The van der Waals surface area contributed by atoms with Gasteiger partial charge in [-0.15, -0.1) is 0 Å². The summed E-state index contributed by atoms with van der Waals surface area (Å²) in [5.74, 6) is 0.472. The van der Waals surface area contributed by atoms with Crippen molar-refractivity contribution in [2.24, 2.45) is 11.7 Å². The molecular weight excluding hydrogens is 228 g/mol. The highest BCUT2D eigenvalue weighted by atomic mass is 16.6. The molecule has 104 valence electrons. The van der Waals surface area contributed by atoms with Gasteiger partial charge >= 0.3 is 6.09 Å². The SMILES string of the molecule is CC(C)(C)OC(=O)N1CCCC2C(N)CCCC21. The van der Waals surface area contributed by atoms with Crippen molar-refractivity contribution in [2.45, 2.75) is 70.6 Å². The van der Waals surface area contributed by atoms with Crippen LogP contribution in [0.2, 0.25) is 0 Å². The van der Waals surface area contributed by atoms with Crippen LogP contribution < -0.4 is 5.73 Å². The second kappa shape index (κ2) is 5.08. The number of ether oxygens (including phenoxy) is 1. The molecule has 1 heterocycles. The molecule has 0 aromatic rings. The van der Waals surface area contributed by atoms with Crippen LogP contribution in [0, 0.1) is 5.92 Å². The highest BCUT2D eigenvalue weighted by molar-refractivity contribution is 5.68.